The molecule has 1 aliphatic rings. The van der Waals surface area contributed by atoms with Crippen molar-refractivity contribution in [3.63, 3.8) is 0 Å². The molecule has 120 valence electrons. The standard InChI is InChI=1S/C14H24N2O5/c1-9(2)11(12(17)18)8-15-14(20)16-6-4-10(5-7-16)13(19)21-3/h9-11H,4-8H2,1-3H3,(H,15,20)(H,17,18). The number of aliphatic carboxylic acids is 1. The Morgan fingerprint density at radius 3 is 2.29 bits per heavy atom. The van der Waals surface area contributed by atoms with Gasteiger partial charge in [-0.3, -0.25) is 9.59 Å². The Labute approximate surface area is 124 Å². The number of carbonyl (C=O) groups excluding carboxylic acids is 2. The van der Waals surface area contributed by atoms with Crippen molar-refractivity contribution in [2.45, 2.75) is 26.7 Å². The first-order chi connectivity index (χ1) is 9.86. The number of nitrogens with one attached hydrogen (secondary N) is 1. The summed E-state index contributed by atoms with van der Waals surface area (Å²) in [6.07, 6.45) is 1.15. The Bertz CT molecular complexity index is 389. The second-order valence-corrected chi connectivity index (χ2v) is 5.66. The topological polar surface area (TPSA) is 95.9 Å². The van der Waals surface area contributed by atoms with Crippen molar-refractivity contribution >= 4 is 18.0 Å². The number of esters is 1. The lowest BCUT2D eigenvalue weighted by Gasteiger charge is -2.31. The van der Waals surface area contributed by atoms with Crippen LogP contribution in [-0.4, -0.2) is 54.7 Å². The van der Waals surface area contributed by atoms with Crippen LogP contribution in [0.25, 0.3) is 0 Å². The Balaban J connectivity index is 2.41. The molecule has 0 radical (unpaired) electrons. The fourth-order valence-electron chi connectivity index (χ4n) is 2.40. The number of rotatable bonds is 5. The number of urea groups is 1. The van der Waals surface area contributed by atoms with Crippen LogP contribution in [0.15, 0.2) is 0 Å². The molecule has 7 nitrogen and oxygen atoms in total. The summed E-state index contributed by atoms with van der Waals surface area (Å²) >= 11 is 0. The molecule has 21 heavy (non-hydrogen) atoms. The fraction of sp³-hybridized carbons (Fsp3) is 0.786. The fourth-order valence-corrected chi connectivity index (χ4v) is 2.40. The van der Waals surface area contributed by atoms with E-state index in [-0.39, 0.29) is 30.4 Å². The number of hydrogen-bond acceptors (Lipinski definition) is 4. The molecule has 1 fully saturated rings. The van der Waals surface area contributed by atoms with Crippen LogP contribution in [-0.2, 0) is 14.3 Å². The van der Waals surface area contributed by atoms with Gasteiger partial charge < -0.3 is 20.1 Å². The number of piperidine rings is 1. The van der Waals surface area contributed by atoms with Gasteiger partial charge in [0.25, 0.3) is 0 Å². The van der Waals surface area contributed by atoms with Crippen LogP contribution in [0.4, 0.5) is 4.79 Å². The zero-order valence-electron chi connectivity index (χ0n) is 12.8. The highest BCUT2D eigenvalue weighted by molar-refractivity contribution is 5.77. The Hall–Kier alpha value is -1.79. The molecule has 1 unspecified atom stereocenters. The van der Waals surface area contributed by atoms with Gasteiger partial charge >= 0.3 is 18.0 Å². The van der Waals surface area contributed by atoms with Crippen LogP contribution in [0.2, 0.25) is 0 Å². The molecule has 0 aromatic rings. The smallest absolute Gasteiger partial charge is 0.317 e. The average molecular weight is 300 g/mol. The zero-order valence-corrected chi connectivity index (χ0v) is 12.8. The van der Waals surface area contributed by atoms with Crippen LogP contribution in [0.1, 0.15) is 26.7 Å². The number of ether oxygens (including phenoxy) is 1. The number of likely N-dealkylation sites (tertiary alicyclic amines) is 1. The molecule has 2 N–H and O–H groups in total. The lowest BCUT2D eigenvalue weighted by atomic mass is 9.96. The molecule has 1 saturated heterocycles. The molecule has 1 rings (SSSR count). The monoisotopic (exact) mass is 300 g/mol. The molecule has 0 aromatic carbocycles. The van der Waals surface area contributed by atoms with Crippen LogP contribution in [0.5, 0.6) is 0 Å². The summed E-state index contributed by atoms with van der Waals surface area (Å²) < 4.78 is 4.69. The maximum Gasteiger partial charge on any atom is 0.317 e. The number of carboxylic acid groups (broad SMARTS) is 1. The minimum absolute atomic E-state index is 0.0483. The minimum atomic E-state index is -0.908. The molecule has 0 aliphatic carbocycles. The first-order valence-corrected chi connectivity index (χ1v) is 7.20. The minimum Gasteiger partial charge on any atom is -0.481 e. The quantitative estimate of drug-likeness (QED) is 0.737. The van der Waals surface area contributed by atoms with E-state index in [2.05, 4.69) is 5.32 Å². The number of carboxylic acids is 1. The highest BCUT2D eigenvalue weighted by atomic mass is 16.5. The van der Waals surface area contributed by atoms with E-state index in [0.29, 0.717) is 25.9 Å². The van der Waals surface area contributed by atoms with E-state index in [4.69, 9.17) is 9.84 Å². The molecule has 2 amide bonds. The van der Waals surface area contributed by atoms with Gasteiger partial charge in [-0.2, -0.15) is 0 Å². The molecule has 7 heteroatoms. The number of hydrogen-bond donors (Lipinski definition) is 2. The van der Waals surface area contributed by atoms with Crippen molar-refractivity contribution in [1.29, 1.82) is 0 Å². The third kappa shape index (κ3) is 4.91. The van der Waals surface area contributed by atoms with Crippen LogP contribution in [0.3, 0.4) is 0 Å². The molecule has 0 saturated carbocycles. The van der Waals surface area contributed by atoms with Gasteiger partial charge in [-0.05, 0) is 18.8 Å². The van der Waals surface area contributed by atoms with Crippen molar-refractivity contribution in [3.05, 3.63) is 0 Å². The van der Waals surface area contributed by atoms with Crippen molar-refractivity contribution in [2.75, 3.05) is 26.7 Å². The summed E-state index contributed by atoms with van der Waals surface area (Å²) in [4.78, 5) is 36.1. The van der Waals surface area contributed by atoms with Crippen LogP contribution < -0.4 is 5.32 Å². The van der Waals surface area contributed by atoms with Crippen molar-refractivity contribution in [2.24, 2.45) is 17.8 Å². The molecule has 1 aliphatic heterocycles. The van der Waals surface area contributed by atoms with E-state index in [0.717, 1.165) is 0 Å². The second kappa shape index (κ2) is 7.85. The first-order valence-electron chi connectivity index (χ1n) is 7.20. The van der Waals surface area contributed by atoms with Crippen molar-refractivity contribution < 1.29 is 24.2 Å². The summed E-state index contributed by atoms with van der Waals surface area (Å²) in [5.41, 5.74) is 0. The van der Waals surface area contributed by atoms with E-state index in [1.165, 1.54) is 7.11 Å². The summed E-state index contributed by atoms with van der Waals surface area (Å²) in [7, 11) is 1.36. The predicted molar refractivity (Wildman–Crippen MR) is 75.7 cm³/mol. The van der Waals surface area contributed by atoms with E-state index in [1.807, 2.05) is 13.8 Å². The van der Waals surface area contributed by atoms with Crippen LogP contribution >= 0.6 is 0 Å². The van der Waals surface area contributed by atoms with Gasteiger partial charge in [0.1, 0.15) is 0 Å². The number of nitrogens with zero attached hydrogens (tertiary/aromatic N) is 1. The van der Waals surface area contributed by atoms with Gasteiger partial charge in [0.15, 0.2) is 0 Å². The highest BCUT2D eigenvalue weighted by Crippen LogP contribution is 2.18. The zero-order chi connectivity index (χ0) is 16.0. The lowest BCUT2D eigenvalue weighted by Crippen LogP contribution is -2.47. The summed E-state index contributed by atoms with van der Waals surface area (Å²) in [6, 6.07) is -0.273. The Kier molecular flexibility index (Phi) is 6.45. The van der Waals surface area contributed by atoms with Crippen LogP contribution in [0, 0.1) is 17.8 Å². The molecule has 0 spiro atoms. The van der Waals surface area contributed by atoms with E-state index < -0.39 is 11.9 Å². The molecule has 1 heterocycles. The Morgan fingerprint density at radius 2 is 1.86 bits per heavy atom. The van der Waals surface area contributed by atoms with Crippen molar-refractivity contribution in [3.8, 4) is 0 Å². The SMILES string of the molecule is COC(=O)C1CCN(C(=O)NCC(C(=O)O)C(C)C)CC1. The second-order valence-electron chi connectivity index (χ2n) is 5.66. The Morgan fingerprint density at radius 1 is 1.29 bits per heavy atom. The van der Waals surface area contributed by atoms with Gasteiger partial charge in [-0.1, -0.05) is 13.8 Å². The summed E-state index contributed by atoms with van der Waals surface area (Å²) in [5.74, 6) is -1.94. The van der Waals surface area contributed by atoms with E-state index >= 15 is 0 Å². The van der Waals surface area contributed by atoms with Gasteiger partial charge in [0, 0.05) is 19.6 Å². The van der Waals surface area contributed by atoms with Gasteiger partial charge in [-0.25, -0.2) is 4.79 Å². The predicted octanol–water partition coefficient (Wildman–Crippen LogP) is 0.938. The third-order valence-electron chi connectivity index (χ3n) is 3.91. The average Bonchev–Trinajstić information content (AvgIpc) is 2.45. The largest absolute Gasteiger partial charge is 0.481 e. The van der Waals surface area contributed by atoms with Gasteiger partial charge in [0.05, 0.1) is 18.9 Å². The number of methoxy groups -OCH3 is 1. The summed E-state index contributed by atoms with van der Waals surface area (Å²) in [6.45, 7) is 4.69. The molecule has 0 aromatic heterocycles. The normalized spacial score (nSPS) is 17.4. The first kappa shape index (κ1) is 17.3. The summed E-state index contributed by atoms with van der Waals surface area (Å²) in [5, 5.41) is 11.7. The third-order valence-corrected chi connectivity index (χ3v) is 3.91. The van der Waals surface area contributed by atoms with Crippen molar-refractivity contribution in [1.82, 2.24) is 10.2 Å². The molecular weight excluding hydrogens is 276 g/mol. The molecular formula is C14H24N2O5. The van der Waals surface area contributed by atoms with E-state index in [9.17, 15) is 14.4 Å². The van der Waals surface area contributed by atoms with E-state index in [1.54, 1.807) is 4.90 Å². The molecule has 1 atom stereocenters. The highest BCUT2D eigenvalue weighted by Gasteiger charge is 2.29. The van der Waals surface area contributed by atoms with Gasteiger partial charge in [0.2, 0.25) is 0 Å². The maximum atomic E-state index is 12.0. The molecule has 0 bridgehead atoms. The number of amides is 2. The van der Waals surface area contributed by atoms with Gasteiger partial charge in [-0.15, -0.1) is 0 Å². The number of carbonyl (C=O) groups is 3. The lowest BCUT2D eigenvalue weighted by molar-refractivity contribution is -0.147. The maximum absolute atomic E-state index is 12.0.